The van der Waals surface area contributed by atoms with Crippen LogP contribution in [0.25, 0.3) is 0 Å². The van der Waals surface area contributed by atoms with Crippen molar-refractivity contribution >= 4 is 41.5 Å². The lowest BCUT2D eigenvalue weighted by molar-refractivity contribution is 0.816. The fourth-order valence-electron chi connectivity index (χ4n) is 1.51. The van der Waals surface area contributed by atoms with Gasteiger partial charge in [-0.3, -0.25) is 0 Å². The van der Waals surface area contributed by atoms with Gasteiger partial charge in [-0.2, -0.15) is 12.6 Å². The van der Waals surface area contributed by atoms with Gasteiger partial charge in [0.25, 0.3) is 0 Å². The highest BCUT2D eigenvalue weighted by Crippen LogP contribution is 2.41. The lowest BCUT2D eigenvalue weighted by Crippen LogP contribution is -2.14. The summed E-state index contributed by atoms with van der Waals surface area (Å²) in [6, 6.07) is 3.80. The van der Waals surface area contributed by atoms with E-state index in [1.165, 1.54) is 0 Å². The number of thiol groups is 1. The van der Waals surface area contributed by atoms with E-state index in [1.54, 1.807) is 0 Å². The highest BCUT2D eigenvalue weighted by molar-refractivity contribution is 7.80. The van der Waals surface area contributed by atoms with Crippen LogP contribution in [0.5, 0.6) is 0 Å². The Morgan fingerprint density at radius 3 is 2.92 bits per heavy atom. The molecule has 13 heavy (non-hydrogen) atoms. The number of nitrogens with one attached hydrogen (secondary N) is 1. The molecular formula is C9H9Cl2NS. The summed E-state index contributed by atoms with van der Waals surface area (Å²) in [4.78, 5) is 0. The maximum atomic E-state index is 6.05. The number of benzene rings is 1. The van der Waals surface area contributed by atoms with Crippen LogP contribution < -0.4 is 5.32 Å². The number of hydrogen-bond acceptors (Lipinski definition) is 2. The molecule has 0 aliphatic carbocycles. The summed E-state index contributed by atoms with van der Waals surface area (Å²) in [6.07, 6.45) is 1.02. The normalized spacial score (nSPS) is 20.7. The smallest absolute Gasteiger partial charge is 0.0826 e. The Morgan fingerprint density at radius 1 is 1.38 bits per heavy atom. The average Bonchev–Trinajstić information content (AvgIpc) is 2.12. The summed E-state index contributed by atoms with van der Waals surface area (Å²) in [7, 11) is 0. The van der Waals surface area contributed by atoms with E-state index in [0.717, 1.165) is 24.2 Å². The number of fused-ring (bicyclic) bond motifs is 1. The van der Waals surface area contributed by atoms with Crippen LogP contribution >= 0.6 is 35.8 Å². The first-order valence-electron chi connectivity index (χ1n) is 4.10. The van der Waals surface area contributed by atoms with Crippen molar-refractivity contribution in [3.63, 3.8) is 0 Å². The Morgan fingerprint density at radius 2 is 2.15 bits per heavy atom. The maximum Gasteiger partial charge on any atom is 0.0826 e. The topological polar surface area (TPSA) is 12.0 Å². The first-order valence-corrected chi connectivity index (χ1v) is 5.37. The summed E-state index contributed by atoms with van der Waals surface area (Å²) in [5.74, 6) is 0. The molecule has 1 aromatic rings. The quantitative estimate of drug-likeness (QED) is 0.651. The Balaban J connectivity index is 2.56. The molecule has 0 fully saturated rings. The molecule has 0 amide bonds. The van der Waals surface area contributed by atoms with Crippen molar-refractivity contribution in [3.05, 3.63) is 27.7 Å². The van der Waals surface area contributed by atoms with Crippen LogP contribution in [0, 0.1) is 0 Å². The van der Waals surface area contributed by atoms with Gasteiger partial charge in [0.2, 0.25) is 0 Å². The lowest BCUT2D eigenvalue weighted by atomic mass is 10.0. The molecule has 2 rings (SSSR count). The van der Waals surface area contributed by atoms with Crippen molar-refractivity contribution in [3.8, 4) is 0 Å². The Hall–Kier alpha value is -0.0500. The molecule has 1 nitrogen and oxygen atoms in total. The van der Waals surface area contributed by atoms with Gasteiger partial charge in [0.05, 0.1) is 15.7 Å². The third kappa shape index (κ3) is 1.63. The summed E-state index contributed by atoms with van der Waals surface area (Å²) in [6.45, 7) is 0.904. The molecule has 1 unspecified atom stereocenters. The Kier molecular flexibility index (Phi) is 2.63. The molecule has 4 heteroatoms. The van der Waals surface area contributed by atoms with E-state index in [0.29, 0.717) is 10.0 Å². The number of rotatable bonds is 0. The second-order valence-corrected chi connectivity index (χ2v) is 4.47. The zero-order valence-electron chi connectivity index (χ0n) is 6.85. The van der Waals surface area contributed by atoms with E-state index in [-0.39, 0.29) is 5.25 Å². The molecule has 1 aromatic carbocycles. The highest BCUT2D eigenvalue weighted by Gasteiger charge is 2.19. The van der Waals surface area contributed by atoms with Crippen molar-refractivity contribution in [1.82, 2.24) is 0 Å². The van der Waals surface area contributed by atoms with Gasteiger partial charge in [0.1, 0.15) is 0 Å². The molecule has 1 heterocycles. The Labute approximate surface area is 92.8 Å². The molecule has 0 aromatic heterocycles. The molecule has 0 radical (unpaired) electrons. The molecule has 1 aliphatic heterocycles. The minimum atomic E-state index is 0.269. The van der Waals surface area contributed by atoms with Crippen molar-refractivity contribution in [2.45, 2.75) is 11.7 Å². The van der Waals surface area contributed by atoms with Gasteiger partial charge < -0.3 is 5.32 Å². The minimum absolute atomic E-state index is 0.269. The zero-order chi connectivity index (χ0) is 9.42. The van der Waals surface area contributed by atoms with E-state index in [4.69, 9.17) is 23.2 Å². The monoisotopic (exact) mass is 233 g/mol. The van der Waals surface area contributed by atoms with E-state index in [2.05, 4.69) is 17.9 Å². The van der Waals surface area contributed by atoms with E-state index >= 15 is 0 Å². The average molecular weight is 234 g/mol. The fourth-order valence-corrected chi connectivity index (χ4v) is 2.25. The van der Waals surface area contributed by atoms with Crippen molar-refractivity contribution in [2.75, 3.05) is 11.9 Å². The van der Waals surface area contributed by atoms with E-state index < -0.39 is 0 Å². The Bertz CT molecular complexity index is 341. The molecule has 0 bridgehead atoms. The molecule has 0 saturated heterocycles. The highest BCUT2D eigenvalue weighted by atomic mass is 35.5. The fraction of sp³-hybridized carbons (Fsp3) is 0.333. The lowest BCUT2D eigenvalue weighted by Gasteiger charge is -2.24. The number of hydrogen-bond donors (Lipinski definition) is 2. The van der Waals surface area contributed by atoms with Gasteiger partial charge in [-0.15, -0.1) is 0 Å². The van der Waals surface area contributed by atoms with Crippen LogP contribution in [-0.2, 0) is 0 Å². The summed E-state index contributed by atoms with van der Waals surface area (Å²) in [5.41, 5.74) is 2.09. The van der Waals surface area contributed by atoms with Gasteiger partial charge in [-0.05, 0) is 18.1 Å². The molecule has 1 atom stereocenters. The zero-order valence-corrected chi connectivity index (χ0v) is 9.26. The van der Waals surface area contributed by atoms with Crippen LogP contribution in [0.3, 0.4) is 0 Å². The SMILES string of the molecule is SC1CCNc2c1ccc(Cl)c2Cl. The maximum absolute atomic E-state index is 6.05. The van der Waals surface area contributed by atoms with Crippen LogP contribution in [0.2, 0.25) is 10.0 Å². The summed E-state index contributed by atoms with van der Waals surface area (Å²) >= 11 is 16.4. The van der Waals surface area contributed by atoms with Crippen molar-refractivity contribution < 1.29 is 0 Å². The van der Waals surface area contributed by atoms with Gasteiger partial charge in [0.15, 0.2) is 0 Å². The number of anilines is 1. The molecule has 1 N–H and O–H groups in total. The van der Waals surface area contributed by atoms with Gasteiger partial charge >= 0.3 is 0 Å². The minimum Gasteiger partial charge on any atom is -0.383 e. The van der Waals surface area contributed by atoms with Crippen LogP contribution in [0.15, 0.2) is 12.1 Å². The molecule has 70 valence electrons. The third-order valence-electron chi connectivity index (χ3n) is 2.21. The first-order chi connectivity index (χ1) is 6.20. The summed E-state index contributed by atoms with van der Waals surface area (Å²) in [5, 5.41) is 4.71. The van der Waals surface area contributed by atoms with Crippen molar-refractivity contribution in [2.24, 2.45) is 0 Å². The summed E-state index contributed by atoms with van der Waals surface area (Å²) < 4.78 is 0. The van der Waals surface area contributed by atoms with E-state index in [1.807, 2.05) is 12.1 Å². The second-order valence-electron chi connectivity index (χ2n) is 3.06. The van der Waals surface area contributed by atoms with Crippen molar-refractivity contribution in [1.29, 1.82) is 0 Å². The van der Waals surface area contributed by atoms with Gasteiger partial charge in [-0.1, -0.05) is 29.3 Å². The first kappa shape index (κ1) is 9.50. The number of halogens is 2. The standard InChI is InChI=1S/C9H9Cl2NS/c10-6-2-1-5-7(13)3-4-12-9(5)8(6)11/h1-2,7,12-13H,3-4H2. The molecular weight excluding hydrogens is 225 g/mol. The van der Waals surface area contributed by atoms with Gasteiger partial charge in [0, 0.05) is 11.8 Å². The third-order valence-corrected chi connectivity index (χ3v) is 3.55. The largest absolute Gasteiger partial charge is 0.383 e. The van der Waals surface area contributed by atoms with Crippen LogP contribution in [0.1, 0.15) is 17.2 Å². The van der Waals surface area contributed by atoms with E-state index in [9.17, 15) is 0 Å². The predicted octanol–water partition coefficient (Wildman–Crippen LogP) is 3.78. The van der Waals surface area contributed by atoms with Crippen LogP contribution in [-0.4, -0.2) is 6.54 Å². The molecule has 0 spiro atoms. The van der Waals surface area contributed by atoms with Crippen LogP contribution in [0.4, 0.5) is 5.69 Å². The molecule has 1 aliphatic rings. The second kappa shape index (κ2) is 3.60. The predicted molar refractivity (Wildman–Crippen MR) is 61.3 cm³/mol. The molecule has 0 saturated carbocycles. The van der Waals surface area contributed by atoms with Gasteiger partial charge in [-0.25, -0.2) is 0 Å².